The molecule has 6 heteroatoms. The third kappa shape index (κ3) is 2.28. The fourth-order valence-corrected chi connectivity index (χ4v) is 3.09. The molecule has 2 aromatic rings. The van der Waals surface area contributed by atoms with E-state index < -0.39 is 0 Å². The predicted molar refractivity (Wildman–Crippen MR) is 74.7 cm³/mol. The summed E-state index contributed by atoms with van der Waals surface area (Å²) in [6.45, 7) is 3.97. The second-order valence-electron chi connectivity index (χ2n) is 4.75. The van der Waals surface area contributed by atoms with E-state index in [0.717, 1.165) is 35.5 Å². The molecule has 1 fully saturated rings. The molecule has 0 aromatic carbocycles. The summed E-state index contributed by atoms with van der Waals surface area (Å²) in [6, 6.07) is 2.45. The first kappa shape index (κ1) is 12.3. The van der Waals surface area contributed by atoms with Crippen molar-refractivity contribution in [2.24, 2.45) is 0 Å². The zero-order valence-corrected chi connectivity index (χ0v) is 11.8. The summed E-state index contributed by atoms with van der Waals surface area (Å²) in [5.41, 5.74) is 1.08. The summed E-state index contributed by atoms with van der Waals surface area (Å²) in [5.74, 6) is 1.35. The largest absolute Gasteiger partial charge is 0.294 e. The van der Waals surface area contributed by atoms with Crippen LogP contribution in [0.5, 0.6) is 0 Å². The Morgan fingerprint density at radius 2 is 2.32 bits per heavy atom. The Bertz CT molecular complexity index is 612. The van der Waals surface area contributed by atoms with Crippen LogP contribution in [0.2, 0.25) is 0 Å². The Labute approximate surface area is 115 Å². The molecule has 1 N–H and O–H groups in total. The third-order valence-electron chi connectivity index (χ3n) is 3.34. The molecule has 2 heterocycles. The summed E-state index contributed by atoms with van der Waals surface area (Å²) in [4.78, 5) is 13.0. The molecule has 1 aliphatic carbocycles. The smallest absolute Gasteiger partial charge is 0.268 e. The number of rotatable bonds is 4. The minimum atomic E-state index is -0.0823. The molecule has 1 amide bonds. The first-order valence-electron chi connectivity index (χ1n) is 6.50. The third-order valence-corrected chi connectivity index (χ3v) is 4.29. The van der Waals surface area contributed by atoms with Crippen LogP contribution in [0.15, 0.2) is 11.4 Å². The van der Waals surface area contributed by atoms with E-state index in [1.807, 2.05) is 22.9 Å². The van der Waals surface area contributed by atoms with Gasteiger partial charge in [0.2, 0.25) is 5.95 Å². The van der Waals surface area contributed by atoms with Gasteiger partial charge in [-0.25, -0.2) is 0 Å². The number of nitrogens with zero attached hydrogens (tertiary/aromatic N) is 3. The van der Waals surface area contributed by atoms with E-state index in [1.54, 1.807) is 0 Å². The lowest BCUT2D eigenvalue weighted by Crippen LogP contribution is -2.16. The van der Waals surface area contributed by atoms with Crippen LogP contribution in [0.4, 0.5) is 5.95 Å². The van der Waals surface area contributed by atoms with Crippen LogP contribution in [0.1, 0.15) is 46.9 Å². The van der Waals surface area contributed by atoms with Crippen molar-refractivity contribution < 1.29 is 4.79 Å². The molecule has 0 spiro atoms. The zero-order valence-electron chi connectivity index (χ0n) is 11.0. The average Bonchev–Trinajstić information content (AvgIpc) is 3.00. The number of anilines is 1. The van der Waals surface area contributed by atoms with E-state index >= 15 is 0 Å². The highest BCUT2D eigenvalue weighted by Crippen LogP contribution is 2.37. The Morgan fingerprint density at radius 3 is 3.00 bits per heavy atom. The molecule has 0 saturated heterocycles. The van der Waals surface area contributed by atoms with Gasteiger partial charge in [-0.2, -0.15) is 0 Å². The normalized spacial score (nSPS) is 14.6. The minimum absolute atomic E-state index is 0.0823. The van der Waals surface area contributed by atoms with E-state index in [-0.39, 0.29) is 5.91 Å². The van der Waals surface area contributed by atoms with Crippen molar-refractivity contribution in [2.45, 2.75) is 39.2 Å². The standard InChI is InChI=1S/C13H16N4OS/c1-3-9-6-7-19-11(9)12(18)14-13-16-15-8(2)17(13)10-4-5-10/h6-7,10H,3-5H2,1-2H3,(H,14,16,18). The highest BCUT2D eigenvalue weighted by Gasteiger charge is 2.29. The second-order valence-corrected chi connectivity index (χ2v) is 5.67. The first-order valence-corrected chi connectivity index (χ1v) is 7.38. The quantitative estimate of drug-likeness (QED) is 0.934. The summed E-state index contributed by atoms with van der Waals surface area (Å²) in [6.07, 6.45) is 3.14. The number of carbonyl (C=O) groups excluding carboxylic acids is 1. The van der Waals surface area contributed by atoms with E-state index in [4.69, 9.17) is 0 Å². The van der Waals surface area contributed by atoms with Gasteiger partial charge < -0.3 is 0 Å². The lowest BCUT2D eigenvalue weighted by Gasteiger charge is -2.08. The summed E-state index contributed by atoms with van der Waals surface area (Å²) >= 11 is 1.47. The number of amides is 1. The molecule has 0 aliphatic heterocycles. The summed E-state index contributed by atoms with van der Waals surface area (Å²) in [5, 5.41) is 13.0. The molecular formula is C13H16N4OS. The lowest BCUT2D eigenvalue weighted by atomic mass is 10.2. The van der Waals surface area contributed by atoms with Gasteiger partial charge >= 0.3 is 0 Å². The molecule has 0 bridgehead atoms. The molecule has 19 heavy (non-hydrogen) atoms. The second kappa shape index (κ2) is 4.77. The molecule has 100 valence electrons. The maximum absolute atomic E-state index is 12.3. The fourth-order valence-electron chi connectivity index (χ4n) is 2.20. The van der Waals surface area contributed by atoms with Crippen LogP contribution in [0.25, 0.3) is 0 Å². The van der Waals surface area contributed by atoms with Crippen LogP contribution in [-0.4, -0.2) is 20.7 Å². The van der Waals surface area contributed by atoms with Crippen LogP contribution < -0.4 is 5.32 Å². The molecular weight excluding hydrogens is 260 g/mol. The van der Waals surface area contributed by atoms with E-state index in [0.29, 0.717) is 12.0 Å². The Kier molecular flexibility index (Phi) is 3.10. The van der Waals surface area contributed by atoms with Gasteiger partial charge in [0.1, 0.15) is 5.82 Å². The van der Waals surface area contributed by atoms with Gasteiger partial charge in [-0.05, 0) is 43.2 Å². The van der Waals surface area contributed by atoms with Crippen molar-refractivity contribution in [3.05, 3.63) is 27.7 Å². The zero-order chi connectivity index (χ0) is 13.4. The predicted octanol–water partition coefficient (Wildman–Crippen LogP) is 2.80. The van der Waals surface area contributed by atoms with Crippen LogP contribution in [0.3, 0.4) is 0 Å². The van der Waals surface area contributed by atoms with Gasteiger partial charge in [0.15, 0.2) is 0 Å². The van der Waals surface area contributed by atoms with Crippen LogP contribution in [-0.2, 0) is 6.42 Å². The van der Waals surface area contributed by atoms with Gasteiger partial charge in [-0.15, -0.1) is 21.5 Å². The summed E-state index contributed by atoms with van der Waals surface area (Å²) < 4.78 is 2.02. The fraction of sp³-hybridized carbons (Fsp3) is 0.462. The Balaban J connectivity index is 1.83. The molecule has 2 aromatic heterocycles. The minimum Gasteiger partial charge on any atom is -0.294 e. The molecule has 5 nitrogen and oxygen atoms in total. The number of hydrogen-bond acceptors (Lipinski definition) is 4. The molecule has 1 aliphatic rings. The van der Waals surface area contributed by atoms with Crippen molar-refractivity contribution in [2.75, 3.05) is 5.32 Å². The number of hydrogen-bond donors (Lipinski definition) is 1. The Morgan fingerprint density at radius 1 is 1.53 bits per heavy atom. The number of thiophene rings is 1. The first-order chi connectivity index (χ1) is 9.20. The average molecular weight is 276 g/mol. The van der Waals surface area contributed by atoms with Gasteiger partial charge in [0.25, 0.3) is 5.91 Å². The molecule has 0 radical (unpaired) electrons. The van der Waals surface area contributed by atoms with E-state index in [9.17, 15) is 4.79 Å². The maximum atomic E-state index is 12.3. The highest BCUT2D eigenvalue weighted by atomic mass is 32.1. The van der Waals surface area contributed by atoms with Crippen molar-refractivity contribution >= 4 is 23.2 Å². The van der Waals surface area contributed by atoms with Crippen molar-refractivity contribution in [3.8, 4) is 0 Å². The monoisotopic (exact) mass is 276 g/mol. The molecule has 0 unspecified atom stereocenters. The summed E-state index contributed by atoms with van der Waals surface area (Å²) in [7, 11) is 0. The van der Waals surface area contributed by atoms with Crippen molar-refractivity contribution in [1.82, 2.24) is 14.8 Å². The number of nitrogens with one attached hydrogen (secondary N) is 1. The topological polar surface area (TPSA) is 59.8 Å². The van der Waals surface area contributed by atoms with Crippen molar-refractivity contribution in [1.29, 1.82) is 0 Å². The Hall–Kier alpha value is -1.69. The molecule has 0 atom stereocenters. The molecule has 1 saturated carbocycles. The lowest BCUT2D eigenvalue weighted by molar-refractivity contribution is 0.102. The highest BCUT2D eigenvalue weighted by molar-refractivity contribution is 7.12. The van der Waals surface area contributed by atoms with E-state index in [2.05, 4.69) is 22.4 Å². The van der Waals surface area contributed by atoms with Crippen molar-refractivity contribution in [3.63, 3.8) is 0 Å². The molecule has 3 rings (SSSR count). The van der Waals surface area contributed by atoms with Crippen LogP contribution >= 0.6 is 11.3 Å². The van der Waals surface area contributed by atoms with Gasteiger partial charge in [-0.3, -0.25) is 14.7 Å². The number of aryl methyl sites for hydroxylation is 2. The van der Waals surface area contributed by atoms with Gasteiger partial charge in [0, 0.05) is 6.04 Å². The number of aromatic nitrogens is 3. The van der Waals surface area contributed by atoms with Gasteiger partial charge in [-0.1, -0.05) is 6.92 Å². The SMILES string of the molecule is CCc1ccsc1C(=O)Nc1nnc(C)n1C1CC1. The van der Waals surface area contributed by atoms with Crippen LogP contribution in [0, 0.1) is 6.92 Å². The van der Waals surface area contributed by atoms with E-state index in [1.165, 1.54) is 11.3 Å². The van der Waals surface area contributed by atoms with Gasteiger partial charge in [0.05, 0.1) is 4.88 Å². The maximum Gasteiger partial charge on any atom is 0.268 e. The number of carbonyl (C=O) groups is 1.